The predicted molar refractivity (Wildman–Crippen MR) is 89.0 cm³/mol. The first kappa shape index (κ1) is 17.7. The van der Waals surface area contributed by atoms with Gasteiger partial charge in [-0.25, -0.2) is 0 Å². The van der Waals surface area contributed by atoms with E-state index in [1.165, 1.54) is 5.56 Å². The Hall–Kier alpha value is -1.35. The fraction of sp³-hybridized carbons (Fsp3) is 0.611. The van der Waals surface area contributed by atoms with E-state index in [9.17, 15) is 4.79 Å². The Morgan fingerprint density at radius 1 is 1.14 bits per heavy atom. The van der Waals surface area contributed by atoms with Gasteiger partial charge in [-0.05, 0) is 29.4 Å². The third-order valence-corrected chi connectivity index (χ3v) is 4.27. The maximum atomic E-state index is 12.3. The fourth-order valence-corrected chi connectivity index (χ4v) is 2.36. The summed E-state index contributed by atoms with van der Waals surface area (Å²) in [4.78, 5) is 12.3. The third-order valence-electron chi connectivity index (χ3n) is 4.27. The largest absolute Gasteiger partial charge is 0.348 e. The van der Waals surface area contributed by atoms with Crippen LogP contribution in [0.5, 0.6) is 0 Å². The first-order valence-electron chi connectivity index (χ1n) is 8.05. The number of carbonyl (C=O) groups is 1. The third kappa shape index (κ3) is 4.85. The monoisotopic (exact) mass is 290 g/mol. The van der Waals surface area contributed by atoms with E-state index in [4.69, 9.17) is 5.73 Å². The van der Waals surface area contributed by atoms with Crippen LogP contribution in [0.2, 0.25) is 0 Å². The Morgan fingerprint density at radius 3 is 2.14 bits per heavy atom. The van der Waals surface area contributed by atoms with Crippen molar-refractivity contribution in [1.29, 1.82) is 0 Å². The zero-order valence-corrected chi connectivity index (χ0v) is 14.0. The molecule has 0 aliphatic rings. The molecule has 0 saturated heterocycles. The lowest BCUT2D eigenvalue weighted by Gasteiger charge is -2.26. The number of nitrogens with one attached hydrogen (secondary N) is 1. The Labute approximate surface area is 129 Å². The molecule has 1 aromatic carbocycles. The van der Waals surface area contributed by atoms with Crippen molar-refractivity contribution in [1.82, 2.24) is 5.32 Å². The van der Waals surface area contributed by atoms with Crippen LogP contribution in [0.4, 0.5) is 0 Å². The molecule has 0 heterocycles. The molecule has 1 amide bonds. The maximum Gasteiger partial charge on any atom is 0.237 e. The van der Waals surface area contributed by atoms with Gasteiger partial charge >= 0.3 is 0 Å². The average molecular weight is 290 g/mol. The van der Waals surface area contributed by atoms with Gasteiger partial charge in [0.1, 0.15) is 0 Å². The normalized spacial score (nSPS) is 15.6. The lowest BCUT2D eigenvalue weighted by molar-refractivity contribution is -0.124. The minimum atomic E-state index is -0.439. The molecule has 21 heavy (non-hydrogen) atoms. The van der Waals surface area contributed by atoms with Crippen LogP contribution in [0, 0.1) is 11.8 Å². The van der Waals surface area contributed by atoms with Gasteiger partial charge in [0.15, 0.2) is 0 Å². The van der Waals surface area contributed by atoms with Gasteiger partial charge < -0.3 is 11.1 Å². The molecule has 3 N–H and O–H groups in total. The molecule has 0 aromatic heterocycles. The summed E-state index contributed by atoms with van der Waals surface area (Å²) in [6, 6.07) is 8.05. The number of carbonyl (C=O) groups excluding carboxylic acids is 1. The molecule has 0 aliphatic heterocycles. The van der Waals surface area contributed by atoms with Crippen molar-refractivity contribution in [2.75, 3.05) is 0 Å². The van der Waals surface area contributed by atoms with Gasteiger partial charge in [0.2, 0.25) is 5.91 Å². The highest BCUT2D eigenvalue weighted by Gasteiger charge is 2.24. The van der Waals surface area contributed by atoms with Crippen molar-refractivity contribution in [2.24, 2.45) is 17.6 Å². The van der Waals surface area contributed by atoms with Crippen LogP contribution in [0.15, 0.2) is 24.3 Å². The van der Waals surface area contributed by atoms with E-state index in [0.717, 1.165) is 18.4 Å². The van der Waals surface area contributed by atoms with E-state index in [1.807, 2.05) is 6.92 Å². The molecule has 2 unspecified atom stereocenters. The zero-order valence-electron chi connectivity index (χ0n) is 14.0. The summed E-state index contributed by atoms with van der Waals surface area (Å²) >= 11 is 0. The van der Waals surface area contributed by atoms with E-state index in [1.54, 1.807) is 0 Å². The summed E-state index contributed by atoms with van der Waals surface area (Å²) in [6.07, 6.45) is 1.93. The topological polar surface area (TPSA) is 55.1 Å². The predicted octanol–water partition coefficient (Wildman–Crippen LogP) is 3.44. The number of amides is 1. The summed E-state index contributed by atoms with van der Waals surface area (Å²) in [5, 5.41) is 3.12. The van der Waals surface area contributed by atoms with Gasteiger partial charge in [-0.2, -0.15) is 0 Å². The van der Waals surface area contributed by atoms with Crippen molar-refractivity contribution >= 4 is 5.91 Å². The highest BCUT2D eigenvalue weighted by molar-refractivity contribution is 5.82. The molecule has 0 radical (unpaired) electrons. The SMILES string of the molecule is CCc1ccc(C(NC(=O)[C@@H](N)C(C)CC)C(C)C)cc1. The van der Waals surface area contributed by atoms with Crippen molar-refractivity contribution in [3.05, 3.63) is 35.4 Å². The van der Waals surface area contributed by atoms with Crippen molar-refractivity contribution < 1.29 is 4.79 Å². The van der Waals surface area contributed by atoms with Gasteiger partial charge in [-0.3, -0.25) is 4.79 Å². The molecular formula is C18H30N2O. The van der Waals surface area contributed by atoms with E-state index in [0.29, 0.717) is 5.92 Å². The zero-order chi connectivity index (χ0) is 16.0. The Morgan fingerprint density at radius 2 is 1.71 bits per heavy atom. The first-order valence-corrected chi connectivity index (χ1v) is 8.05. The van der Waals surface area contributed by atoms with Crippen molar-refractivity contribution in [3.63, 3.8) is 0 Å². The molecule has 0 saturated carbocycles. The minimum absolute atomic E-state index is 0.0125. The molecule has 0 bridgehead atoms. The van der Waals surface area contributed by atoms with Crippen molar-refractivity contribution in [2.45, 2.75) is 59.5 Å². The molecule has 0 fully saturated rings. The van der Waals surface area contributed by atoms with Gasteiger partial charge in [-0.15, -0.1) is 0 Å². The summed E-state index contributed by atoms with van der Waals surface area (Å²) in [6.45, 7) is 10.5. The Balaban J connectivity index is 2.84. The van der Waals surface area contributed by atoms with E-state index < -0.39 is 6.04 Å². The van der Waals surface area contributed by atoms with Crippen LogP contribution >= 0.6 is 0 Å². The first-order chi connectivity index (χ1) is 9.90. The highest BCUT2D eigenvalue weighted by atomic mass is 16.2. The molecule has 0 aliphatic carbocycles. The number of nitrogens with two attached hydrogens (primary N) is 1. The quantitative estimate of drug-likeness (QED) is 0.808. The van der Waals surface area contributed by atoms with Crippen LogP contribution in [0.3, 0.4) is 0 Å². The van der Waals surface area contributed by atoms with Crippen LogP contribution in [0.1, 0.15) is 58.2 Å². The lowest BCUT2D eigenvalue weighted by Crippen LogP contribution is -2.46. The van der Waals surface area contributed by atoms with E-state index >= 15 is 0 Å². The van der Waals surface area contributed by atoms with Gasteiger partial charge in [0, 0.05) is 0 Å². The molecule has 3 heteroatoms. The minimum Gasteiger partial charge on any atom is -0.348 e. The molecule has 0 spiro atoms. The molecular weight excluding hydrogens is 260 g/mol. The Bertz CT molecular complexity index is 439. The van der Waals surface area contributed by atoms with Crippen molar-refractivity contribution in [3.8, 4) is 0 Å². The molecule has 3 atom stereocenters. The number of benzene rings is 1. The molecule has 1 aromatic rings. The summed E-state index contributed by atoms with van der Waals surface area (Å²) in [5.74, 6) is 0.466. The second-order valence-corrected chi connectivity index (χ2v) is 6.24. The summed E-state index contributed by atoms with van der Waals surface area (Å²) in [7, 11) is 0. The summed E-state index contributed by atoms with van der Waals surface area (Å²) < 4.78 is 0. The van der Waals surface area contributed by atoms with E-state index in [-0.39, 0.29) is 17.9 Å². The highest BCUT2D eigenvalue weighted by Crippen LogP contribution is 2.22. The van der Waals surface area contributed by atoms with Crippen LogP contribution in [0.25, 0.3) is 0 Å². The summed E-state index contributed by atoms with van der Waals surface area (Å²) in [5.41, 5.74) is 8.49. The standard InChI is InChI=1S/C18H30N2O/c1-6-13(5)16(19)18(21)20-17(12(3)4)15-10-8-14(7-2)9-11-15/h8-13,16-17H,6-7,19H2,1-5H3,(H,20,21)/t13?,16-,17?/m0/s1. The molecule has 1 rings (SSSR count). The molecule has 3 nitrogen and oxygen atoms in total. The maximum absolute atomic E-state index is 12.3. The van der Waals surface area contributed by atoms with Gasteiger partial charge in [0.05, 0.1) is 12.1 Å². The fourth-order valence-electron chi connectivity index (χ4n) is 2.36. The van der Waals surface area contributed by atoms with Crippen LogP contribution in [-0.4, -0.2) is 11.9 Å². The van der Waals surface area contributed by atoms with Crippen LogP contribution < -0.4 is 11.1 Å². The lowest BCUT2D eigenvalue weighted by atomic mass is 9.93. The smallest absolute Gasteiger partial charge is 0.237 e. The number of hydrogen-bond acceptors (Lipinski definition) is 2. The van der Waals surface area contributed by atoms with Gasteiger partial charge in [-0.1, -0.05) is 65.3 Å². The number of aryl methyl sites for hydroxylation is 1. The Kier molecular flexibility index (Phi) is 6.90. The van der Waals surface area contributed by atoms with Gasteiger partial charge in [0.25, 0.3) is 0 Å². The van der Waals surface area contributed by atoms with E-state index in [2.05, 4.69) is 57.3 Å². The number of rotatable bonds is 7. The van der Waals surface area contributed by atoms with Crippen LogP contribution in [-0.2, 0) is 11.2 Å². The average Bonchev–Trinajstić information content (AvgIpc) is 2.50. The number of hydrogen-bond donors (Lipinski definition) is 2. The molecule has 118 valence electrons. The second kappa shape index (κ2) is 8.18. The second-order valence-electron chi connectivity index (χ2n) is 6.24.